The van der Waals surface area contributed by atoms with Crippen molar-refractivity contribution in [2.24, 2.45) is 5.84 Å². The van der Waals surface area contributed by atoms with Gasteiger partial charge in [0.05, 0.1) is 18.9 Å². The van der Waals surface area contributed by atoms with Crippen molar-refractivity contribution in [3.8, 4) is 0 Å². The van der Waals surface area contributed by atoms with E-state index in [0.29, 0.717) is 18.9 Å². The average Bonchev–Trinajstić information content (AvgIpc) is 2.46. The Hall–Kier alpha value is -1.79. The number of anilines is 2. The summed E-state index contributed by atoms with van der Waals surface area (Å²) in [6, 6.07) is 7.55. The Kier molecular flexibility index (Phi) is 4.69. The van der Waals surface area contributed by atoms with Crippen LogP contribution in [0.3, 0.4) is 0 Å². The minimum Gasteiger partial charge on any atom is -0.442 e. The van der Waals surface area contributed by atoms with Crippen LogP contribution in [0.25, 0.3) is 0 Å². The van der Waals surface area contributed by atoms with Crippen molar-refractivity contribution < 1.29 is 14.3 Å². The molecule has 1 aromatic carbocycles. The summed E-state index contributed by atoms with van der Waals surface area (Å²) >= 11 is 0. The van der Waals surface area contributed by atoms with Gasteiger partial charge in [0.2, 0.25) is 0 Å². The fourth-order valence-electron chi connectivity index (χ4n) is 2.08. The van der Waals surface area contributed by atoms with E-state index in [4.69, 9.17) is 15.3 Å². The largest absolute Gasteiger partial charge is 0.442 e. The molecule has 0 saturated carbocycles. The molecule has 116 valence electrons. The van der Waals surface area contributed by atoms with Gasteiger partial charge in [0, 0.05) is 18.8 Å². The van der Waals surface area contributed by atoms with E-state index in [9.17, 15) is 4.79 Å². The van der Waals surface area contributed by atoms with Gasteiger partial charge in [-0.1, -0.05) is 6.07 Å². The van der Waals surface area contributed by atoms with Crippen LogP contribution in [-0.2, 0) is 9.47 Å². The molecule has 1 aliphatic rings. The topological polar surface area (TPSA) is 68.0 Å². The van der Waals surface area contributed by atoms with E-state index in [1.54, 1.807) is 6.07 Å². The number of rotatable bonds is 2. The second kappa shape index (κ2) is 6.32. The van der Waals surface area contributed by atoms with Gasteiger partial charge in [-0.25, -0.2) is 15.6 Å². The van der Waals surface area contributed by atoms with Gasteiger partial charge in [0.25, 0.3) is 0 Å². The fourth-order valence-corrected chi connectivity index (χ4v) is 2.08. The highest BCUT2D eigenvalue weighted by molar-refractivity contribution is 5.87. The van der Waals surface area contributed by atoms with Crippen LogP contribution in [0.4, 0.5) is 16.2 Å². The summed E-state index contributed by atoms with van der Waals surface area (Å²) in [5.41, 5.74) is 1.05. The molecule has 0 aromatic heterocycles. The predicted octanol–water partition coefficient (Wildman–Crippen LogP) is 2.14. The van der Waals surface area contributed by atoms with E-state index in [-0.39, 0.29) is 0 Å². The molecule has 0 bridgehead atoms. The van der Waals surface area contributed by atoms with Crippen LogP contribution < -0.4 is 15.8 Å². The van der Waals surface area contributed by atoms with Crippen LogP contribution in [0.1, 0.15) is 20.8 Å². The van der Waals surface area contributed by atoms with E-state index >= 15 is 0 Å². The zero-order chi connectivity index (χ0) is 15.5. The Morgan fingerprint density at radius 2 is 2.00 bits per heavy atom. The summed E-state index contributed by atoms with van der Waals surface area (Å²) in [4.78, 5) is 14.2. The van der Waals surface area contributed by atoms with Gasteiger partial charge in [-0.2, -0.15) is 0 Å². The summed E-state index contributed by atoms with van der Waals surface area (Å²) in [6.45, 7) is 8.51. The van der Waals surface area contributed by atoms with Crippen LogP contribution in [0.2, 0.25) is 0 Å². The minimum absolute atomic E-state index is 0.568. The van der Waals surface area contributed by atoms with Crippen LogP contribution in [0, 0.1) is 0 Å². The number of benzene rings is 1. The minimum atomic E-state index is -0.573. The van der Waals surface area contributed by atoms with Crippen molar-refractivity contribution in [2.75, 3.05) is 36.2 Å². The standard InChI is InChI=1S/C15H23N3O3/c1-15(2,3)21-14(19)18(16)13-6-4-5-12(11-13)17-7-9-20-10-8-17/h4-6,11H,7-10,16H2,1-3H3. The highest BCUT2D eigenvalue weighted by Gasteiger charge is 2.22. The van der Waals surface area contributed by atoms with E-state index in [1.165, 1.54) is 0 Å². The molecular formula is C15H23N3O3. The number of amides is 1. The molecule has 2 N–H and O–H groups in total. The maximum atomic E-state index is 12.0. The first-order valence-corrected chi connectivity index (χ1v) is 7.07. The molecule has 21 heavy (non-hydrogen) atoms. The van der Waals surface area contributed by atoms with E-state index in [1.807, 2.05) is 39.0 Å². The molecular weight excluding hydrogens is 270 g/mol. The van der Waals surface area contributed by atoms with Crippen molar-refractivity contribution in [3.05, 3.63) is 24.3 Å². The Balaban J connectivity index is 2.10. The molecule has 0 unspecified atom stereocenters. The maximum absolute atomic E-state index is 12.0. The van der Waals surface area contributed by atoms with Gasteiger partial charge in [-0.3, -0.25) is 0 Å². The number of morpholine rings is 1. The van der Waals surface area contributed by atoms with Gasteiger partial charge >= 0.3 is 6.09 Å². The predicted molar refractivity (Wildman–Crippen MR) is 82.4 cm³/mol. The van der Waals surface area contributed by atoms with Crippen molar-refractivity contribution >= 4 is 17.5 Å². The summed E-state index contributed by atoms with van der Waals surface area (Å²) in [6.07, 6.45) is -0.568. The summed E-state index contributed by atoms with van der Waals surface area (Å²) in [5.74, 6) is 5.86. The molecule has 6 nitrogen and oxygen atoms in total. The molecule has 1 fully saturated rings. The van der Waals surface area contributed by atoms with Crippen LogP contribution in [0.5, 0.6) is 0 Å². The molecule has 6 heteroatoms. The van der Waals surface area contributed by atoms with Crippen molar-refractivity contribution in [1.82, 2.24) is 0 Å². The molecule has 1 heterocycles. The normalized spacial score (nSPS) is 15.7. The first-order valence-electron chi connectivity index (χ1n) is 7.07. The highest BCUT2D eigenvalue weighted by Crippen LogP contribution is 2.23. The number of carbonyl (C=O) groups excluding carboxylic acids is 1. The molecule has 0 atom stereocenters. The van der Waals surface area contributed by atoms with Crippen molar-refractivity contribution in [2.45, 2.75) is 26.4 Å². The van der Waals surface area contributed by atoms with E-state index in [0.717, 1.165) is 23.8 Å². The number of nitrogens with zero attached hydrogens (tertiary/aromatic N) is 2. The lowest BCUT2D eigenvalue weighted by Gasteiger charge is -2.30. The third-order valence-electron chi connectivity index (χ3n) is 3.07. The molecule has 0 spiro atoms. The molecule has 0 aliphatic carbocycles. The molecule has 1 amide bonds. The second-order valence-corrected chi connectivity index (χ2v) is 5.97. The summed E-state index contributed by atoms with van der Waals surface area (Å²) < 4.78 is 10.6. The Morgan fingerprint density at radius 3 is 2.62 bits per heavy atom. The third kappa shape index (κ3) is 4.34. The van der Waals surface area contributed by atoms with Crippen LogP contribution in [0.15, 0.2) is 24.3 Å². The van der Waals surface area contributed by atoms with Crippen molar-refractivity contribution in [3.63, 3.8) is 0 Å². The number of hydrogen-bond acceptors (Lipinski definition) is 5. The molecule has 1 aliphatic heterocycles. The Morgan fingerprint density at radius 1 is 1.33 bits per heavy atom. The molecule has 2 rings (SSSR count). The lowest BCUT2D eigenvalue weighted by molar-refractivity contribution is 0.0580. The smallest absolute Gasteiger partial charge is 0.429 e. The van der Waals surface area contributed by atoms with Gasteiger partial charge in [-0.05, 0) is 39.0 Å². The van der Waals surface area contributed by atoms with E-state index < -0.39 is 11.7 Å². The number of hydrogen-bond donors (Lipinski definition) is 1. The van der Waals surface area contributed by atoms with Gasteiger partial charge in [0.15, 0.2) is 0 Å². The van der Waals surface area contributed by atoms with E-state index in [2.05, 4.69) is 4.90 Å². The molecule has 0 radical (unpaired) electrons. The average molecular weight is 293 g/mol. The maximum Gasteiger partial charge on any atom is 0.429 e. The molecule has 1 aromatic rings. The Labute approximate surface area is 125 Å². The van der Waals surface area contributed by atoms with Gasteiger partial charge < -0.3 is 14.4 Å². The summed E-state index contributed by atoms with van der Waals surface area (Å²) in [7, 11) is 0. The lowest BCUT2D eigenvalue weighted by Crippen LogP contribution is -2.42. The highest BCUT2D eigenvalue weighted by atomic mass is 16.6. The SMILES string of the molecule is CC(C)(C)OC(=O)N(N)c1cccc(N2CCOCC2)c1. The third-order valence-corrected chi connectivity index (χ3v) is 3.07. The number of ether oxygens (including phenoxy) is 2. The van der Waals surface area contributed by atoms with Crippen molar-refractivity contribution in [1.29, 1.82) is 0 Å². The first-order chi connectivity index (χ1) is 9.87. The summed E-state index contributed by atoms with van der Waals surface area (Å²) in [5, 5.41) is 1.04. The molecule has 1 saturated heterocycles. The first kappa shape index (κ1) is 15.6. The van der Waals surface area contributed by atoms with Crippen LogP contribution in [-0.4, -0.2) is 38.0 Å². The van der Waals surface area contributed by atoms with Crippen LogP contribution >= 0.6 is 0 Å². The number of hydrazine groups is 1. The lowest BCUT2D eigenvalue weighted by atomic mass is 10.2. The quantitative estimate of drug-likeness (QED) is 0.514. The van der Waals surface area contributed by atoms with Gasteiger partial charge in [0.1, 0.15) is 5.60 Å². The van der Waals surface area contributed by atoms with Gasteiger partial charge in [-0.15, -0.1) is 0 Å². The fraction of sp³-hybridized carbons (Fsp3) is 0.533. The zero-order valence-corrected chi connectivity index (χ0v) is 12.8. The number of nitrogens with two attached hydrogens (primary N) is 1. The Bertz CT molecular complexity index is 493. The second-order valence-electron chi connectivity index (χ2n) is 5.97. The number of carbonyl (C=O) groups is 1. The zero-order valence-electron chi connectivity index (χ0n) is 12.8. The monoisotopic (exact) mass is 293 g/mol.